The van der Waals surface area contributed by atoms with Crippen LogP contribution in [0.5, 0.6) is 5.75 Å². The van der Waals surface area contributed by atoms with Crippen molar-refractivity contribution in [2.24, 2.45) is 0 Å². The van der Waals surface area contributed by atoms with Crippen LogP contribution in [0.1, 0.15) is 24.2 Å². The highest BCUT2D eigenvalue weighted by Gasteiger charge is 2.22. The number of nitrogens with zero attached hydrogens (tertiary/aromatic N) is 1. The monoisotopic (exact) mass is 432 g/mol. The van der Waals surface area contributed by atoms with Crippen molar-refractivity contribution >= 4 is 21.6 Å². The zero-order chi connectivity index (χ0) is 21.9. The number of H-pyrrole nitrogens is 1. The fraction of sp³-hybridized carbons (Fsp3) is 0.211. The molecule has 0 fully saturated rings. The van der Waals surface area contributed by atoms with Crippen LogP contribution in [0.25, 0.3) is 11.4 Å². The highest BCUT2D eigenvalue weighted by atomic mass is 32.2. The first-order valence-corrected chi connectivity index (χ1v) is 10.4. The number of carbonyl (C=O) groups is 1. The second-order valence-electron chi connectivity index (χ2n) is 6.62. The number of amides is 1. The van der Waals surface area contributed by atoms with Crippen LogP contribution in [-0.2, 0) is 10.0 Å². The van der Waals surface area contributed by atoms with Gasteiger partial charge in [-0.05, 0) is 44.2 Å². The van der Waals surface area contributed by atoms with Crippen LogP contribution in [0, 0.1) is 0 Å². The van der Waals surface area contributed by atoms with Crippen LogP contribution in [0.4, 0.5) is 5.69 Å². The molecule has 10 nitrogen and oxygen atoms in total. The fourth-order valence-corrected chi connectivity index (χ4v) is 4.15. The van der Waals surface area contributed by atoms with Crippen molar-refractivity contribution in [2.75, 3.05) is 12.4 Å². The van der Waals surface area contributed by atoms with Gasteiger partial charge in [0, 0.05) is 22.9 Å². The predicted octanol–water partition coefficient (Wildman–Crippen LogP) is 1.98. The van der Waals surface area contributed by atoms with Crippen LogP contribution < -0.4 is 20.5 Å². The highest BCUT2D eigenvalue weighted by Crippen LogP contribution is 2.26. The molecule has 1 heterocycles. The first-order chi connectivity index (χ1) is 14.2. The molecule has 0 aliphatic rings. The Morgan fingerprint density at radius 2 is 1.97 bits per heavy atom. The van der Waals surface area contributed by atoms with Gasteiger partial charge in [0.1, 0.15) is 10.6 Å². The normalized spacial score (nSPS) is 11.5. The maximum atomic E-state index is 12.7. The molecule has 0 spiro atoms. The molecule has 3 rings (SSSR count). The van der Waals surface area contributed by atoms with Crippen molar-refractivity contribution in [3.05, 3.63) is 58.6 Å². The molecular formula is C19H20N4O6S. The van der Waals surface area contributed by atoms with Gasteiger partial charge in [0.15, 0.2) is 5.82 Å². The van der Waals surface area contributed by atoms with Crippen molar-refractivity contribution in [1.29, 1.82) is 0 Å². The van der Waals surface area contributed by atoms with Gasteiger partial charge in [0.05, 0.1) is 7.11 Å². The number of ether oxygens (including phenoxy) is 1. The number of rotatable bonds is 7. The van der Waals surface area contributed by atoms with Crippen molar-refractivity contribution < 1.29 is 22.5 Å². The molecule has 0 unspecified atom stereocenters. The van der Waals surface area contributed by atoms with E-state index in [0.717, 1.165) is 0 Å². The molecule has 30 heavy (non-hydrogen) atoms. The minimum Gasteiger partial charge on any atom is -0.495 e. The minimum absolute atomic E-state index is 0.122. The highest BCUT2D eigenvalue weighted by molar-refractivity contribution is 7.89. The zero-order valence-electron chi connectivity index (χ0n) is 16.4. The maximum Gasteiger partial charge on any atom is 0.439 e. The number of hydrogen-bond acceptors (Lipinski definition) is 7. The van der Waals surface area contributed by atoms with Crippen LogP contribution in [0.15, 0.2) is 56.7 Å². The summed E-state index contributed by atoms with van der Waals surface area (Å²) >= 11 is 0. The molecule has 0 saturated carbocycles. The lowest BCUT2D eigenvalue weighted by Crippen LogP contribution is -2.30. The third-order valence-electron chi connectivity index (χ3n) is 3.94. The number of aromatic nitrogens is 2. The molecule has 2 aromatic carbocycles. The number of anilines is 1. The van der Waals surface area contributed by atoms with E-state index in [1.807, 2.05) is 0 Å². The lowest BCUT2D eigenvalue weighted by Gasteiger charge is -2.14. The largest absolute Gasteiger partial charge is 0.495 e. The van der Waals surface area contributed by atoms with E-state index in [9.17, 15) is 18.0 Å². The Morgan fingerprint density at radius 1 is 1.20 bits per heavy atom. The topological polar surface area (TPSA) is 143 Å². The Hall–Kier alpha value is -3.44. The van der Waals surface area contributed by atoms with Gasteiger partial charge in [-0.2, -0.15) is 0 Å². The number of sulfonamides is 1. The zero-order valence-corrected chi connectivity index (χ0v) is 17.2. The number of benzene rings is 2. The van der Waals surface area contributed by atoms with Crippen LogP contribution in [0.3, 0.4) is 0 Å². The number of nitrogens with one attached hydrogen (secondary N) is 3. The first-order valence-electron chi connectivity index (χ1n) is 8.88. The van der Waals surface area contributed by atoms with Crippen LogP contribution in [0.2, 0.25) is 0 Å². The third kappa shape index (κ3) is 4.75. The number of aromatic amines is 1. The van der Waals surface area contributed by atoms with Gasteiger partial charge in [-0.3, -0.25) is 14.3 Å². The molecule has 0 bridgehead atoms. The molecular weight excluding hydrogens is 412 g/mol. The SMILES string of the molecule is COc1ccc(C(=O)Nc2cccc(-c3noc(=O)[nH]3)c2)cc1S(=O)(=O)NC(C)C. The number of methoxy groups -OCH3 is 1. The summed E-state index contributed by atoms with van der Waals surface area (Å²) in [4.78, 5) is 26.1. The second-order valence-corrected chi connectivity index (χ2v) is 8.30. The lowest BCUT2D eigenvalue weighted by molar-refractivity contribution is 0.102. The smallest absolute Gasteiger partial charge is 0.439 e. The van der Waals surface area contributed by atoms with Crippen molar-refractivity contribution in [1.82, 2.24) is 14.9 Å². The van der Waals surface area contributed by atoms with E-state index in [2.05, 4.69) is 24.7 Å². The summed E-state index contributed by atoms with van der Waals surface area (Å²) in [5, 5.41) is 6.29. The molecule has 0 atom stereocenters. The minimum atomic E-state index is -3.88. The van der Waals surface area contributed by atoms with Gasteiger partial charge in [-0.15, -0.1) is 0 Å². The van der Waals surface area contributed by atoms with Gasteiger partial charge in [0.25, 0.3) is 5.91 Å². The number of hydrogen-bond donors (Lipinski definition) is 3. The van der Waals surface area contributed by atoms with Gasteiger partial charge < -0.3 is 10.1 Å². The van der Waals surface area contributed by atoms with Gasteiger partial charge in [0.2, 0.25) is 10.0 Å². The molecule has 158 valence electrons. The maximum absolute atomic E-state index is 12.7. The van der Waals surface area contributed by atoms with Gasteiger partial charge >= 0.3 is 5.76 Å². The Labute approximate surface area is 172 Å². The first kappa shape index (κ1) is 21.3. The summed E-state index contributed by atoms with van der Waals surface area (Å²) in [5.41, 5.74) is 1.07. The summed E-state index contributed by atoms with van der Waals surface area (Å²) in [6.07, 6.45) is 0. The summed E-state index contributed by atoms with van der Waals surface area (Å²) in [5.74, 6) is -0.878. The van der Waals surface area contributed by atoms with Gasteiger partial charge in [-0.1, -0.05) is 17.3 Å². The van der Waals surface area contributed by atoms with Crippen molar-refractivity contribution in [3.8, 4) is 17.1 Å². The quantitative estimate of drug-likeness (QED) is 0.518. The third-order valence-corrected chi connectivity index (χ3v) is 5.62. The summed E-state index contributed by atoms with van der Waals surface area (Å²) in [6, 6.07) is 10.4. The van der Waals surface area contributed by atoms with Crippen molar-refractivity contribution in [3.63, 3.8) is 0 Å². The Balaban J connectivity index is 1.89. The van der Waals surface area contributed by atoms with E-state index < -0.39 is 21.7 Å². The van der Waals surface area contributed by atoms with Crippen molar-refractivity contribution in [2.45, 2.75) is 24.8 Å². The molecule has 1 amide bonds. The predicted molar refractivity (Wildman–Crippen MR) is 109 cm³/mol. The Morgan fingerprint density at radius 3 is 2.60 bits per heavy atom. The molecule has 3 aromatic rings. The Bertz CT molecular complexity index is 1230. The summed E-state index contributed by atoms with van der Waals surface area (Å²) < 4.78 is 37.3. The van der Waals surface area contributed by atoms with E-state index in [4.69, 9.17) is 4.74 Å². The lowest BCUT2D eigenvalue weighted by atomic mass is 10.1. The van der Waals surface area contributed by atoms with Crippen LogP contribution >= 0.6 is 0 Å². The molecule has 0 aliphatic carbocycles. The molecule has 1 aromatic heterocycles. The van der Waals surface area contributed by atoms with E-state index in [0.29, 0.717) is 11.3 Å². The fourth-order valence-electron chi connectivity index (χ4n) is 2.70. The molecule has 0 radical (unpaired) electrons. The van der Waals surface area contributed by atoms with Crippen LogP contribution in [-0.4, -0.2) is 37.6 Å². The van der Waals surface area contributed by atoms with E-state index in [1.165, 1.54) is 25.3 Å². The average molecular weight is 432 g/mol. The number of carbonyl (C=O) groups excluding carboxylic acids is 1. The van der Waals surface area contributed by atoms with E-state index in [1.54, 1.807) is 38.1 Å². The molecule has 11 heteroatoms. The summed E-state index contributed by atoms with van der Waals surface area (Å²) in [6.45, 7) is 3.38. The molecule has 0 aliphatic heterocycles. The molecule has 0 saturated heterocycles. The summed E-state index contributed by atoms with van der Waals surface area (Å²) in [7, 11) is -2.53. The Kier molecular flexibility index (Phi) is 6.04. The second kappa shape index (κ2) is 8.51. The van der Waals surface area contributed by atoms with E-state index >= 15 is 0 Å². The molecule has 3 N–H and O–H groups in total. The van der Waals surface area contributed by atoms with Gasteiger partial charge in [-0.25, -0.2) is 17.9 Å². The van der Waals surface area contributed by atoms with E-state index in [-0.39, 0.29) is 28.1 Å². The standard InChI is InChI=1S/C19H20N4O6S/c1-11(2)23-30(26,27)16-10-13(7-8-15(16)28-3)18(24)20-14-6-4-5-12(9-14)17-21-19(25)29-22-17/h4-11,23H,1-3H3,(H,20,24)(H,21,22,25). The average Bonchev–Trinajstić information content (AvgIpc) is 3.13.